The quantitative estimate of drug-likeness (QED) is 0.900. The van der Waals surface area contributed by atoms with Gasteiger partial charge in [0.25, 0.3) is 0 Å². The van der Waals surface area contributed by atoms with Crippen LogP contribution >= 0.6 is 11.5 Å². The van der Waals surface area contributed by atoms with E-state index in [4.69, 9.17) is 4.98 Å². The van der Waals surface area contributed by atoms with Gasteiger partial charge in [0.05, 0.1) is 0 Å². The van der Waals surface area contributed by atoms with E-state index in [9.17, 15) is 0 Å². The normalized spacial score (nSPS) is 24.2. The second kappa shape index (κ2) is 5.75. The van der Waals surface area contributed by atoms with Crippen molar-refractivity contribution in [2.45, 2.75) is 51.5 Å². The molecule has 1 aromatic heterocycles. The van der Waals surface area contributed by atoms with Gasteiger partial charge in [-0.05, 0) is 38.1 Å². The Morgan fingerprint density at radius 2 is 2.21 bits per heavy atom. The summed E-state index contributed by atoms with van der Waals surface area (Å²) < 4.78 is 4.53. The highest BCUT2D eigenvalue weighted by Gasteiger charge is 2.29. The van der Waals surface area contributed by atoms with Gasteiger partial charge in [-0.2, -0.15) is 4.37 Å². The van der Waals surface area contributed by atoms with Crippen molar-refractivity contribution in [3.05, 3.63) is 5.82 Å². The second-order valence-electron chi connectivity index (χ2n) is 6.23. The lowest BCUT2D eigenvalue weighted by molar-refractivity contribution is 0.379. The highest BCUT2D eigenvalue weighted by atomic mass is 32.1. The molecule has 0 spiro atoms. The molecule has 1 saturated carbocycles. The number of nitrogens with zero attached hydrogens (tertiary/aromatic N) is 3. The number of aromatic nitrogens is 2. The Balaban J connectivity index is 1.57. The summed E-state index contributed by atoms with van der Waals surface area (Å²) in [7, 11) is 0. The van der Waals surface area contributed by atoms with Gasteiger partial charge in [-0.25, -0.2) is 4.98 Å². The van der Waals surface area contributed by atoms with Crippen LogP contribution in [0.5, 0.6) is 0 Å². The van der Waals surface area contributed by atoms with Gasteiger partial charge >= 0.3 is 0 Å². The first-order chi connectivity index (χ1) is 9.22. The molecule has 5 heteroatoms. The molecule has 4 nitrogen and oxygen atoms in total. The summed E-state index contributed by atoms with van der Waals surface area (Å²) in [6.07, 6.45) is 5.20. The van der Waals surface area contributed by atoms with Crippen molar-refractivity contribution in [1.82, 2.24) is 14.7 Å². The van der Waals surface area contributed by atoms with Crippen LogP contribution in [0.2, 0.25) is 0 Å². The van der Waals surface area contributed by atoms with Gasteiger partial charge < -0.3 is 10.2 Å². The average molecular weight is 280 g/mol. The predicted molar refractivity (Wildman–Crippen MR) is 80.0 cm³/mol. The lowest BCUT2D eigenvalue weighted by Crippen LogP contribution is -2.41. The fourth-order valence-corrected chi connectivity index (χ4v) is 3.45. The van der Waals surface area contributed by atoms with Crippen molar-refractivity contribution < 1.29 is 0 Å². The highest BCUT2D eigenvalue weighted by molar-refractivity contribution is 7.09. The summed E-state index contributed by atoms with van der Waals surface area (Å²) in [5.41, 5.74) is 0. The Hall–Kier alpha value is -0.680. The second-order valence-corrected chi connectivity index (χ2v) is 6.96. The Labute approximate surface area is 119 Å². The minimum absolute atomic E-state index is 0.582. The molecule has 19 heavy (non-hydrogen) atoms. The largest absolute Gasteiger partial charge is 0.347 e. The van der Waals surface area contributed by atoms with E-state index in [2.05, 4.69) is 28.4 Å². The van der Waals surface area contributed by atoms with Crippen LogP contribution in [0.4, 0.5) is 5.13 Å². The molecule has 1 aliphatic heterocycles. The zero-order valence-corrected chi connectivity index (χ0v) is 12.7. The molecular weight excluding hydrogens is 256 g/mol. The van der Waals surface area contributed by atoms with Gasteiger partial charge in [0.2, 0.25) is 5.13 Å². The van der Waals surface area contributed by atoms with Crippen LogP contribution in [-0.4, -0.2) is 35.0 Å². The monoisotopic (exact) mass is 280 g/mol. The number of anilines is 1. The number of hydrogen-bond donors (Lipinski definition) is 1. The molecule has 2 fully saturated rings. The van der Waals surface area contributed by atoms with E-state index in [1.807, 2.05) is 0 Å². The van der Waals surface area contributed by atoms with Crippen molar-refractivity contribution in [3.63, 3.8) is 0 Å². The molecule has 0 aromatic carbocycles. The third-order valence-corrected chi connectivity index (χ3v) is 4.77. The number of nitrogens with one attached hydrogen (secondary N) is 1. The predicted octanol–water partition coefficient (Wildman–Crippen LogP) is 2.63. The lowest BCUT2D eigenvalue weighted by Gasteiger charge is -2.32. The Bertz CT molecular complexity index is 413. The van der Waals surface area contributed by atoms with Crippen LogP contribution in [0.15, 0.2) is 0 Å². The maximum atomic E-state index is 4.74. The van der Waals surface area contributed by atoms with Crippen molar-refractivity contribution in [3.8, 4) is 0 Å². The maximum absolute atomic E-state index is 4.74. The molecule has 106 valence electrons. The van der Waals surface area contributed by atoms with Crippen LogP contribution in [0, 0.1) is 5.92 Å². The Morgan fingerprint density at radius 3 is 2.95 bits per heavy atom. The van der Waals surface area contributed by atoms with Gasteiger partial charge in [0, 0.05) is 36.6 Å². The molecule has 1 aromatic rings. The zero-order chi connectivity index (χ0) is 13.2. The van der Waals surface area contributed by atoms with E-state index in [0.717, 1.165) is 36.5 Å². The number of rotatable bonds is 5. The molecule has 3 rings (SSSR count). The van der Waals surface area contributed by atoms with Gasteiger partial charge in [0.1, 0.15) is 5.82 Å². The first-order valence-corrected chi connectivity index (χ1v) is 8.31. The summed E-state index contributed by atoms with van der Waals surface area (Å²) >= 11 is 1.60. The molecule has 0 bridgehead atoms. The fraction of sp³-hybridized carbons (Fsp3) is 0.857. The fourth-order valence-electron chi connectivity index (χ4n) is 2.67. The summed E-state index contributed by atoms with van der Waals surface area (Å²) in [6.45, 7) is 7.85. The Morgan fingerprint density at radius 1 is 1.37 bits per heavy atom. The first kappa shape index (κ1) is 13.3. The summed E-state index contributed by atoms with van der Waals surface area (Å²) in [5, 5.41) is 4.71. The van der Waals surface area contributed by atoms with Crippen molar-refractivity contribution in [2.75, 3.05) is 24.5 Å². The smallest absolute Gasteiger partial charge is 0.205 e. The van der Waals surface area contributed by atoms with Gasteiger partial charge in [-0.3, -0.25) is 0 Å². The lowest BCUT2D eigenvalue weighted by atomic mass is 9.98. The minimum atomic E-state index is 0.582. The molecule has 1 unspecified atom stereocenters. The Kier molecular flexibility index (Phi) is 4.03. The molecule has 0 radical (unpaired) electrons. The third kappa shape index (κ3) is 3.45. The summed E-state index contributed by atoms with van der Waals surface area (Å²) in [6, 6.07) is 0.582. The molecule has 1 aliphatic carbocycles. The molecule has 0 amide bonds. The first-order valence-electron chi connectivity index (χ1n) is 7.54. The van der Waals surface area contributed by atoms with Gasteiger partial charge in [0.15, 0.2) is 0 Å². The molecule has 1 N–H and O–H groups in total. The average Bonchev–Trinajstić information content (AvgIpc) is 3.14. The van der Waals surface area contributed by atoms with Crippen molar-refractivity contribution in [2.24, 2.45) is 5.92 Å². The van der Waals surface area contributed by atoms with E-state index in [1.54, 1.807) is 11.5 Å². The summed E-state index contributed by atoms with van der Waals surface area (Å²) in [4.78, 5) is 7.18. The summed E-state index contributed by atoms with van der Waals surface area (Å²) in [5.74, 6) is 2.53. The van der Waals surface area contributed by atoms with Crippen LogP contribution in [0.3, 0.4) is 0 Å². The molecule has 2 heterocycles. The molecule has 1 saturated heterocycles. The SMILES string of the molecule is CC(C)NCC1CCCN(c2nc(C3CC3)ns2)C1. The van der Waals surface area contributed by atoms with E-state index in [-0.39, 0.29) is 0 Å². The van der Waals surface area contributed by atoms with Crippen molar-refractivity contribution >= 4 is 16.7 Å². The van der Waals surface area contributed by atoms with Crippen LogP contribution in [0.1, 0.15) is 51.3 Å². The molecule has 2 aliphatic rings. The molecule has 1 atom stereocenters. The highest BCUT2D eigenvalue weighted by Crippen LogP contribution is 2.40. The number of hydrogen-bond acceptors (Lipinski definition) is 5. The van der Waals surface area contributed by atoms with E-state index in [1.165, 1.54) is 25.7 Å². The molecular formula is C14H24N4S. The van der Waals surface area contributed by atoms with Crippen molar-refractivity contribution in [1.29, 1.82) is 0 Å². The van der Waals surface area contributed by atoms with Crippen LogP contribution in [0.25, 0.3) is 0 Å². The number of piperidine rings is 1. The van der Waals surface area contributed by atoms with Gasteiger partial charge in [-0.15, -0.1) is 0 Å². The van der Waals surface area contributed by atoms with E-state index < -0.39 is 0 Å². The standard InChI is InChI=1S/C14H24N4S/c1-10(2)15-8-11-4-3-7-18(9-11)14-16-13(17-19-14)12-5-6-12/h10-12,15H,3-9H2,1-2H3. The van der Waals surface area contributed by atoms with E-state index in [0.29, 0.717) is 12.0 Å². The van der Waals surface area contributed by atoms with E-state index >= 15 is 0 Å². The zero-order valence-electron chi connectivity index (χ0n) is 11.9. The topological polar surface area (TPSA) is 41.0 Å². The maximum Gasteiger partial charge on any atom is 0.205 e. The van der Waals surface area contributed by atoms with Gasteiger partial charge in [-0.1, -0.05) is 13.8 Å². The van der Waals surface area contributed by atoms with Crippen LogP contribution in [-0.2, 0) is 0 Å². The minimum Gasteiger partial charge on any atom is -0.347 e. The van der Waals surface area contributed by atoms with Crippen LogP contribution < -0.4 is 10.2 Å². The third-order valence-electron chi connectivity index (χ3n) is 3.98.